The standard InChI is InChI=1S/C10H16NO4/c1-2-15-10(14)8-3-5-11(6-4-8)9(13)7-12/h8H,2-7H2,1H3. The van der Waals surface area contributed by atoms with Crippen molar-refractivity contribution in [1.82, 2.24) is 4.90 Å². The Labute approximate surface area is 89.0 Å². The van der Waals surface area contributed by atoms with E-state index in [4.69, 9.17) is 4.74 Å². The van der Waals surface area contributed by atoms with Crippen LogP contribution < -0.4 is 0 Å². The van der Waals surface area contributed by atoms with Crippen molar-refractivity contribution in [2.24, 2.45) is 5.92 Å². The zero-order valence-electron chi connectivity index (χ0n) is 8.90. The molecule has 0 N–H and O–H groups in total. The first kappa shape index (κ1) is 12.0. The lowest BCUT2D eigenvalue weighted by molar-refractivity contribution is -0.151. The van der Waals surface area contributed by atoms with Gasteiger partial charge >= 0.3 is 5.97 Å². The number of carbonyl (C=O) groups is 2. The molecule has 0 saturated carbocycles. The van der Waals surface area contributed by atoms with Gasteiger partial charge < -0.3 is 9.64 Å². The lowest BCUT2D eigenvalue weighted by Crippen LogP contribution is -2.41. The minimum Gasteiger partial charge on any atom is -0.466 e. The summed E-state index contributed by atoms with van der Waals surface area (Å²) in [5.74, 6) is -0.676. The van der Waals surface area contributed by atoms with Crippen LogP contribution >= 0.6 is 0 Å². The van der Waals surface area contributed by atoms with Crippen LogP contribution in [0.1, 0.15) is 19.8 Å². The molecule has 1 amide bonds. The Kier molecular flexibility index (Phi) is 4.55. The van der Waals surface area contributed by atoms with Crippen LogP contribution in [0.2, 0.25) is 0 Å². The highest BCUT2D eigenvalue weighted by Crippen LogP contribution is 2.18. The molecule has 85 valence electrons. The van der Waals surface area contributed by atoms with E-state index in [1.54, 1.807) is 6.92 Å². The maximum absolute atomic E-state index is 11.4. The van der Waals surface area contributed by atoms with Gasteiger partial charge in [-0.25, -0.2) is 5.11 Å². The van der Waals surface area contributed by atoms with Crippen molar-refractivity contribution in [3.63, 3.8) is 0 Å². The maximum atomic E-state index is 11.4. The molecule has 0 unspecified atom stereocenters. The van der Waals surface area contributed by atoms with E-state index in [-0.39, 0.29) is 17.8 Å². The Morgan fingerprint density at radius 1 is 1.33 bits per heavy atom. The fourth-order valence-corrected chi connectivity index (χ4v) is 1.72. The summed E-state index contributed by atoms with van der Waals surface area (Å²) in [6, 6.07) is 0. The van der Waals surface area contributed by atoms with Gasteiger partial charge in [-0.3, -0.25) is 9.59 Å². The molecule has 1 aliphatic heterocycles. The van der Waals surface area contributed by atoms with Crippen LogP contribution in [0, 0.1) is 5.92 Å². The Balaban J connectivity index is 2.35. The van der Waals surface area contributed by atoms with Crippen molar-refractivity contribution in [2.75, 3.05) is 26.3 Å². The molecule has 0 spiro atoms. The van der Waals surface area contributed by atoms with Gasteiger partial charge in [0.15, 0.2) is 6.61 Å². The van der Waals surface area contributed by atoms with Crippen LogP contribution in [0.5, 0.6) is 0 Å². The average molecular weight is 214 g/mol. The number of amides is 1. The second-order valence-electron chi connectivity index (χ2n) is 3.55. The van der Waals surface area contributed by atoms with Gasteiger partial charge in [-0.2, -0.15) is 0 Å². The second kappa shape index (κ2) is 5.70. The molecule has 1 fully saturated rings. The molecular formula is C10H16NO4. The minimum absolute atomic E-state index is 0.111. The van der Waals surface area contributed by atoms with E-state index < -0.39 is 6.61 Å². The highest BCUT2D eigenvalue weighted by atomic mass is 16.5. The summed E-state index contributed by atoms with van der Waals surface area (Å²) in [6.07, 6.45) is 1.20. The quantitative estimate of drug-likeness (QED) is 0.631. The van der Waals surface area contributed by atoms with E-state index in [9.17, 15) is 14.7 Å². The van der Waals surface area contributed by atoms with Crippen molar-refractivity contribution in [3.05, 3.63) is 0 Å². The number of nitrogens with zero attached hydrogens (tertiary/aromatic N) is 1. The summed E-state index contributed by atoms with van der Waals surface area (Å²) >= 11 is 0. The number of likely N-dealkylation sites (tertiary alicyclic amines) is 1. The number of ether oxygens (including phenoxy) is 1. The van der Waals surface area contributed by atoms with Crippen molar-refractivity contribution < 1.29 is 19.4 Å². The van der Waals surface area contributed by atoms with Gasteiger partial charge in [0.05, 0.1) is 12.5 Å². The van der Waals surface area contributed by atoms with Crippen molar-refractivity contribution in [3.8, 4) is 0 Å². The molecule has 1 heterocycles. The molecule has 15 heavy (non-hydrogen) atoms. The zero-order valence-corrected chi connectivity index (χ0v) is 8.90. The van der Waals surface area contributed by atoms with Gasteiger partial charge in [-0.05, 0) is 19.8 Å². The first-order chi connectivity index (χ1) is 7.19. The molecule has 0 aromatic carbocycles. The van der Waals surface area contributed by atoms with Gasteiger partial charge in [0.1, 0.15) is 0 Å². The first-order valence-corrected chi connectivity index (χ1v) is 5.21. The molecular weight excluding hydrogens is 198 g/mol. The number of carbonyl (C=O) groups excluding carboxylic acids is 2. The predicted octanol–water partition coefficient (Wildman–Crippen LogP) is 0.219. The van der Waals surface area contributed by atoms with Gasteiger partial charge in [0, 0.05) is 13.1 Å². The normalized spacial score (nSPS) is 17.6. The Hall–Kier alpha value is -1.10. The molecule has 0 aliphatic carbocycles. The van der Waals surface area contributed by atoms with Gasteiger partial charge in [-0.15, -0.1) is 0 Å². The Morgan fingerprint density at radius 2 is 1.93 bits per heavy atom. The third-order valence-corrected chi connectivity index (χ3v) is 2.59. The van der Waals surface area contributed by atoms with Crippen LogP contribution in [0.4, 0.5) is 0 Å². The summed E-state index contributed by atoms with van der Waals surface area (Å²) in [7, 11) is 0. The summed E-state index contributed by atoms with van der Waals surface area (Å²) in [5.41, 5.74) is 0. The molecule has 1 radical (unpaired) electrons. The van der Waals surface area contributed by atoms with Crippen molar-refractivity contribution in [1.29, 1.82) is 0 Å². The lowest BCUT2D eigenvalue weighted by atomic mass is 9.97. The van der Waals surface area contributed by atoms with Crippen LogP contribution in [0.25, 0.3) is 0 Å². The maximum Gasteiger partial charge on any atom is 0.309 e. The third kappa shape index (κ3) is 3.20. The number of hydrogen-bond donors (Lipinski definition) is 0. The smallest absolute Gasteiger partial charge is 0.309 e. The van der Waals surface area contributed by atoms with Crippen LogP contribution in [0.15, 0.2) is 0 Å². The summed E-state index contributed by atoms with van der Waals surface area (Å²) in [6.45, 7) is 2.44. The van der Waals surface area contributed by atoms with E-state index in [0.29, 0.717) is 32.5 Å². The van der Waals surface area contributed by atoms with Crippen LogP contribution in [-0.4, -0.2) is 43.1 Å². The third-order valence-electron chi connectivity index (χ3n) is 2.59. The summed E-state index contributed by atoms with van der Waals surface area (Å²) in [5, 5.41) is 10.4. The number of hydrogen-bond acceptors (Lipinski definition) is 3. The van der Waals surface area contributed by atoms with Crippen molar-refractivity contribution in [2.45, 2.75) is 19.8 Å². The predicted molar refractivity (Wildman–Crippen MR) is 51.5 cm³/mol. The minimum atomic E-state index is -0.704. The van der Waals surface area contributed by atoms with E-state index in [1.807, 2.05) is 0 Å². The molecule has 1 aliphatic rings. The van der Waals surface area contributed by atoms with Crippen molar-refractivity contribution >= 4 is 11.9 Å². The fraction of sp³-hybridized carbons (Fsp3) is 0.800. The Morgan fingerprint density at radius 3 is 2.40 bits per heavy atom. The monoisotopic (exact) mass is 214 g/mol. The SMILES string of the molecule is CCOC(=O)C1CCN(C(=O)C[O])CC1. The molecule has 0 aromatic heterocycles. The van der Waals surface area contributed by atoms with E-state index in [0.717, 1.165) is 0 Å². The molecule has 0 atom stereocenters. The number of rotatable bonds is 3. The average Bonchev–Trinajstić information content (AvgIpc) is 2.28. The fourth-order valence-electron chi connectivity index (χ4n) is 1.72. The van der Waals surface area contributed by atoms with E-state index in [1.165, 1.54) is 4.90 Å². The molecule has 5 heteroatoms. The summed E-state index contributed by atoms with van der Waals surface area (Å²) in [4.78, 5) is 23.9. The highest BCUT2D eigenvalue weighted by molar-refractivity contribution is 5.78. The summed E-state index contributed by atoms with van der Waals surface area (Å²) < 4.78 is 4.90. The van der Waals surface area contributed by atoms with E-state index in [2.05, 4.69) is 0 Å². The lowest BCUT2D eigenvalue weighted by Gasteiger charge is -2.30. The molecule has 1 rings (SSSR count). The van der Waals surface area contributed by atoms with Gasteiger partial charge in [0.25, 0.3) is 5.91 Å². The number of piperidine rings is 1. The van der Waals surface area contributed by atoms with Crippen LogP contribution in [0.3, 0.4) is 0 Å². The molecule has 0 bridgehead atoms. The largest absolute Gasteiger partial charge is 0.466 e. The van der Waals surface area contributed by atoms with Gasteiger partial charge in [0.2, 0.25) is 0 Å². The zero-order chi connectivity index (χ0) is 11.3. The first-order valence-electron chi connectivity index (χ1n) is 5.21. The molecule has 5 nitrogen and oxygen atoms in total. The van der Waals surface area contributed by atoms with Crippen LogP contribution in [-0.2, 0) is 19.4 Å². The second-order valence-corrected chi connectivity index (χ2v) is 3.55. The highest BCUT2D eigenvalue weighted by Gasteiger charge is 2.27. The molecule has 1 saturated heterocycles. The molecule has 0 aromatic rings. The Bertz CT molecular complexity index is 234. The van der Waals surface area contributed by atoms with E-state index >= 15 is 0 Å². The van der Waals surface area contributed by atoms with Gasteiger partial charge in [-0.1, -0.05) is 0 Å². The number of esters is 1. The topological polar surface area (TPSA) is 66.5 Å².